The van der Waals surface area contributed by atoms with E-state index >= 15 is 0 Å². The Labute approximate surface area is 112 Å². The van der Waals surface area contributed by atoms with Gasteiger partial charge in [-0.05, 0) is 37.6 Å². The monoisotopic (exact) mass is 262 g/mol. The van der Waals surface area contributed by atoms with Gasteiger partial charge in [-0.15, -0.1) is 11.3 Å². The normalized spacial score (nSPS) is 12.3. The van der Waals surface area contributed by atoms with Crippen LogP contribution in [0.15, 0.2) is 35.8 Å². The van der Waals surface area contributed by atoms with Crippen LogP contribution in [-0.2, 0) is 4.74 Å². The second kappa shape index (κ2) is 6.52. The van der Waals surface area contributed by atoms with E-state index in [1.807, 2.05) is 11.6 Å². The second-order valence-corrected chi connectivity index (χ2v) is 5.14. The molecule has 4 heteroatoms. The van der Waals surface area contributed by atoms with Gasteiger partial charge in [-0.25, -0.2) is 4.98 Å². The average Bonchev–Trinajstić information content (AvgIpc) is 2.91. The summed E-state index contributed by atoms with van der Waals surface area (Å²) in [6.07, 6.45) is 2.84. The standard InChI is InChI=1S/C14H18N2OS/c1-11(7-9-17-2)16-13-5-3-12(4-6-13)14-15-8-10-18-14/h3-6,8,10-11,16H,7,9H2,1-2H3. The molecule has 0 saturated heterocycles. The van der Waals surface area contributed by atoms with Crippen molar-refractivity contribution in [3.05, 3.63) is 35.8 Å². The van der Waals surface area contributed by atoms with Crippen LogP contribution < -0.4 is 5.32 Å². The first kappa shape index (κ1) is 13.1. The molecule has 1 aromatic carbocycles. The largest absolute Gasteiger partial charge is 0.385 e. The zero-order valence-electron chi connectivity index (χ0n) is 10.7. The van der Waals surface area contributed by atoms with Crippen LogP contribution in [0, 0.1) is 0 Å². The van der Waals surface area contributed by atoms with Gasteiger partial charge in [0, 0.05) is 42.6 Å². The molecule has 0 aliphatic carbocycles. The molecule has 1 N–H and O–H groups in total. The van der Waals surface area contributed by atoms with Crippen LogP contribution in [0.3, 0.4) is 0 Å². The van der Waals surface area contributed by atoms with Crippen molar-refractivity contribution in [2.45, 2.75) is 19.4 Å². The number of thiazole rings is 1. The summed E-state index contributed by atoms with van der Waals surface area (Å²) in [6, 6.07) is 8.81. The number of rotatable bonds is 6. The van der Waals surface area contributed by atoms with Gasteiger partial charge in [0.05, 0.1) is 0 Å². The van der Waals surface area contributed by atoms with Gasteiger partial charge in [0.1, 0.15) is 5.01 Å². The number of hydrogen-bond acceptors (Lipinski definition) is 4. The summed E-state index contributed by atoms with van der Waals surface area (Å²) >= 11 is 1.66. The maximum absolute atomic E-state index is 5.07. The first-order valence-electron chi connectivity index (χ1n) is 6.05. The van der Waals surface area contributed by atoms with Crippen LogP contribution in [0.1, 0.15) is 13.3 Å². The van der Waals surface area contributed by atoms with Gasteiger partial charge < -0.3 is 10.1 Å². The summed E-state index contributed by atoms with van der Waals surface area (Å²) in [7, 11) is 1.73. The quantitative estimate of drug-likeness (QED) is 0.863. The second-order valence-electron chi connectivity index (χ2n) is 4.24. The summed E-state index contributed by atoms with van der Waals surface area (Å²) in [4.78, 5) is 4.30. The highest BCUT2D eigenvalue weighted by Gasteiger charge is 2.03. The van der Waals surface area contributed by atoms with Gasteiger partial charge >= 0.3 is 0 Å². The van der Waals surface area contributed by atoms with Crippen molar-refractivity contribution in [3.8, 4) is 10.6 Å². The molecule has 1 heterocycles. The molecule has 1 unspecified atom stereocenters. The molecule has 0 radical (unpaired) electrons. The van der Waals surface area contributed by atoms with Crippen molar-refractivity contribution in [1.29, 1.82) is 0 Å². The third kappa shape index (κ3) is 3.55. The summed E-state index contributed by atoms with van der Waals surface area (Å²) in [6.45, 7) is 2.94. The van der Waals surface area contributed by atoms with Crippen molar-refractivity contribution < 1.29 is 4.74 Å². The van der Waals surface area contributed by atoms with E-state index in [2.05, 4.69) is 41.5 Å². The van der Waals surface area contributed by atoms with Crippen LogP contribution in [0.2, 0.25) is 0 Å². The summed E-state index contributed by atoms with van der Waals surface area (Å²) in [5.74, 6) is 0. The Hall–Kier alpha value is -1.39. The fraction of sp³-hybridized carbons (Fsp3) is 0.357. The van der Waals surface area contributed by atoms with E-state index in [1.165, 1.54) is 5.56 Å². The number of nitrogens with zero attached hydrogens (tertiary/aromatic N) is 1. The highest BCUT2D eigenvalue weighted by Crippen LogP contribution is 2.23. The number of benzene rings is 1. The molecule has 2 aromatic rings. The molecule has 0 spiro atoms. The summed E-state index contributed by atoms with van der Waals surface area (Å²) < 4.78 is 5.07. The van der Waals surface area contributed by atoms with E-state index in [1.54, 1.807) is 18.4 Å². The van der Waals surface area contributed by atoms with E-state index in [4.69, 9.17) is 4.74 Å². The van der Waals surface area contributed by atoms with Crippen LogP contribution in [0.5, 0.6) is 0 Å². The molecule has 3 nitrogen and oxygen atoms in total. The molecular weight excluding hydrogens is 244 g/mol. The van der Waals surface area contributed by atoms with Crippen molar-refractivity contribution >= 4 is 17.0 Å². The van der Waals surface area contributed by atoms with Crippen molar-refractivity contribution in [2.24, 2.45) is 0 Å². The minimum absolute atomic E-state index is 0.413. The Morgan fingerprint density at radius 2 is 2.11 bits per heavy atom. The Balaban J connectivity index is 1.95. The van der Waals surface area contributed by atoms with E-state index in [0.717, 1.165) is 23.7 Å². The van der Waals surface area contributed by atoms with E-state index in [0.29, 0.717) is 6.04 Å². The maximum Gasteiger partial charge on any atom is 0.123 e. The fourth-order valence-electron chi connectivity index (χ4n) is 1.73. The molecule has 0 fully saturated rings. The molecule has 1 aromatic heterocycles. The van der Waals surface area contributed by atoms with Crippen LogP contribution in [-0.4, -0.2) is 24.7 Å². The lowest BCUT2D eigenvalue weighted by Crippen LogP contribution is -2.16. The van der Waals surface area contributed by atoms with Gasteiger partial charge in [0.15, 0.2) is 0 Å². The lowest BCUT2D eigenvalue weighted by molar-refractivity contribution is 0.191. The molecule has 18 heavy (non-hydrogen) atoms. The van der Waals surface area contributed by atoms with Crippen LogP contribution in [0.4, 0.5) is 5.69 Å². The number of nitrogens with one attached hydrogen (secondary N) is 1. The zero-order valence-corrected chi connectivity index (χ0v) is 11.5. The number of anilines is 1. The molecule has 0 amide bonds. The van der Waals surface area contributed by atoms with Gasteiger partial charge in [0.2, 0.25) is 0 Å². The number of aromatic nitrogens is 1. The molecule has 0 bridgehead atoms. The van der Waals surface area contributed by atoms with E-state index < -0.39 is 0 Å². The summed E-state index contributed by atoms with van der Waals surface area (Å²) in [5, 5.41) is 6.51. The lowest BCUT2D eigenvalue weighted by atomic mass is 10.2. The first-order chi connectivity index (χ1) is 8.79. The Kier molecular flexibility index (Phi) is 4.73. The lowest BCUT2D eigenvalue weighted by Gasteiger charge is -2.14. The molecule has 0 aliphatic heterocycles. The third-order valence-corrected chi connectivity index (χ3v) is 3.55. The maximum atomic E-state index is 5.07. The third-order valence-electron chi connectivity index (χ3n) is 2.73. The molecule has 96 valence electrons. The number of hydrogen-bond donors (Lipinski definition) is 1. The Bertz CT molecular complexity index is 453. The van der Waals surface area contributed by atoms with Crippen molar-refractivity contribution in [3.63, 3.8) is 0 Å². The Morgan fingerprint density at radius 3 is 2.72 bits per heavy atom. The van der Waals surface area contributed by atoms with Gasteiger partial charge in [-0.3, -0.25) is 0 Å². The molecule has 0 saturated carbocycles. The van der Waals surface area contributed by atoms with Crippen molar-refractivity contribution in [2.75, 3.05) is 19.0 Å². The van der Waals surface area contributed by atoms with Crippen LogP contribution >= 0.6 is 11.3 Å². The van der Waals surface area contributed by atoms with Gasteiger partial charge in [-0.1, -0.05) is 0 Å². The van der Waals surface area contributed by atoms with Gasteiger partial charge in [-0.2, -0.15) is 0 Å². The molecule has 0 aliphatic rings. The topological polar surface area (TPSA) is 34.1 Å². The fourth-order valence-corrected chi connectivity index (χ4v) is 2.37. The number of ether oxygens (including phenoxy) is 1. The smallest absolute Gasteiger partial charge is 0.123 e. The average molecular weight is 262 g/mol. The predicted octanol–water partition coefficient (Wildman–Crippen LogP) is 3.65. The predicted molar refractivity (Wildman–Crippen MR) is 77.1 cm³/mol. The highest BCUT2D eigenvalue weighted by atomic mass is 32.1. The zero-order chi connectivity index (χ0) is 12.8. The molecule has 2 rings (SSSR count). The van der Waals surface area contributed by atoms with E-state index in [9.17, 15) is 0 Å². The van der Waals surface area contributed by atoms with Crippen LogP contribution in [0.25, 0.3) is 10.6 Å². The van der Waals surface area contributed by atoms with Gasteiger partial charge in [0.25, 0.3) is 0 Å². The molecular formula is C14H18N2OS. The number of methoxy groups -OCH3 is 1. The molecule has 1 atom stereocenters. The SMILES string of the molecule is COCCC(C)Nc1ccc(-c2nccs2)cc1. The van der Waals surface area contributed by atoms with Crippen molar-refractivity contribution in [1.82, 2.24) is 4.98 Å². The highest BCUT2D eigenvalue weighted by molar-refractivity contribution is 7.13. The minimum atomic E-state index is 0.413. The summed E-state index contributed by atoms with van der Waals surface area (Å²) in [5.41, 5.74) is 2.30. The minimum Gasteiger partial charge on any atom is -0.385 e. The van der Waals surface area contributed by atoms with E-state index in [-0.39, 0.29) is 0 Å². The Morgan fingerprint density at radius 1 is 1.33 bits per heavy atom. The first-order valence-corrected chi connectivity index (χ1v) is 6.93.